The number of carbonyl (C=O) groups excluding carboxylic acids is 1. The minimum Gasteiger partial charge on any atom is -0.460 e. The number of allylic oxidation sites excluding steroid dienone is 3. The first kappa shape index (κ1) is 21.2. The van der Waals surface area contributed by atoms with Crippen LogP contribution in [-0.4, -0.2) is 41.4 Å². The maximum Gasteiger partial charge on any atom is 0.336 e. The average molecular weight is 414 g/mol. The number of nitrogens with zero attached hydrogens (tertiary/aromatic N) is 3. The zero-order valence-electron chi connectivity index (χ0n) is 17.1. The first-order valence-corrected chi connectivity index (χ1v) is 9.23. The van der Waals surface area contributed by atoms with E-state index in [1.165, 1.54) is 13.2 Å². The summed E-state index contributed by atoms with van der Waals surface area (Å²) in [5, 5.41) is 18.7. The van der Waals surface area contributed by atoms with Crippen LogP contribution in [0, 0.1) is 17.0 Å². The number of hydrogen-bond acceptors (Lipinski definition) is 9. The summed E-state index contributed by atoms with van der Waals surface area (Å²) < 4.78 is 15.7. The van der Waals surface area contributed by atoms with Gasteiger partial charge >= 0.3 is 5.97 Å². The lowest BCUT2D eigenvalue weighted by atomic mass is 9.79. The molecule has 2 aromatic rings. The van der Waals surface area contributed by atoms with Gasteiger partial charge < -0.3 is 19.3 Å². The normalized spacial score (nSPS) is 16.5. The summed E-state index contributed by atoms with van der Waals surface area (Å²) in [5.74, 6) is -0.860. The second-order valence-corrected chi connectivity index (χ2v) is 6.73. The number of esters is 1. The molecule has 0 amide bonds. The number of aromatic nitrogens is 2. The minimum absolute atomic E-state index is 0.0490. The number of aryl methyl sites for hydroxylation is 1. The van der Waals surface area contributed by atoms with E-state index in [4.69, 9.17) is 14.0 Å². The lowest BCUT2D eigenvalue weighted by molar-refractivity contribution is -0.385. The number of nitro groups is 1. The molecule has 0 aliphatic carbocycles. The van der Waals surface area contributed by atoms with E-state index in [0.29, 0.717) is 28.4 Å². The predicted octanol–water partition coefficient (Wildman–Crippen LogP) is 2.87. The van der Waals surface area contributed by atoms with Crippen LogP contribution in [0.2, 0.25) is 0 Å². The van der Waals surface area contributed by atoms with Crippen LogP contribution in [0.5, 0.6) is 0 Å². The molecule has 1 unspecified atom stereocenters. The number of hydrogen-bond donors (Lipinski definition) is 1. The van der Waals surface area contributed by atoms with E-state index in [-0.39, 0.29) is 30.4 Å². The van der Waals surface area contributed by atoms with Crippen LogP contribution in [0.15, 0.2) is 45.8 Å². The van der Waals surface area contributed by atoms with Crippen LogP contribution >= 0.6 is 0 Å². The smallest absolute Gasteiger partial charge is 0.336 e. The number of benzene rings is 1. The van der Waals surface area contributed by atoms with Crippen molar-refractivity contribution in [2.75, 3.05) is 20.3 Å². The molecule has 0 spiro atoms. The fourth-order valence-corrected chi connectivity index (χ4v) is 3.46. The molecule has 1 aliphatic rings. The van der Waals surface area contributed by atoms with Gasteiger partial charge in [0.2, 0.25) is 0 Å². The maximum absolute atomic E-state index is 13.0. The summed E-state index contributed by atoms with van der Waals surface area (Å²) in [5.41, 5.74) is 2.09. The van der Waals surface area contributed by atoms with Crippen molar-refractivity contribution in [3.8, 4) is 0 Å². The molecule has 0 radical (unpaired) electrons. The van der Waals surface area contributed by atoms with Gasteiger partial charge in [-0.05, 0) is 20.8 Å². The summed E-state index contributed by atoms with van der Waals surface area (Å²) in [7, 11) is 1.50. The maximum atomic E-state index is 13.0. The fourth-order valence-electron chi connectivity index (χ4n) is 3.46. The van der Waals surface area contributed by atoms with Gasteiger partial charge in [0, 0.05) is 35.7 Å². The first-order chi connectivity index (χ1) is 14.3. The van der Waals surface area contributed by atoms with Gasteiger partial charge in [0.15, 0.2) is 5.82 Å². The molecule has 1 atom stereocenters. The molecule has 1 N–H and O–H groups in total. The van der Waals surface area contributed by atoms with Crippen molar-refractivity contribution in [3.63, 3.8) is 0 Å². The molecule has 3 rings (SSSR count). The highest BCUT2D eigenvalue weighted by molar-refractivity contribution is 5.97. The van der Waals surface area contributed by atoms with Crippen LogP contribution in [0.25, 0.3) is 5.57 Å². The SMILES string of the molecule is COCCOC(=O)C1=C(C)NC(C)=C(c2nc(C)no2)C1c1ccccc1[N+](=O)[O-]. The van der Waals surface area contributed by atoms with Gasteiger partial charge in [0.1, 0.15) is 6.61 Å². The van der Waals surface area contributed by atoms with E-state index in [1.807, 2.05) is 0 Å². The van der Waals surface area contributed by atoms with Gasteiger partial charge in [-0.25, -0.2) is 4.79 Å². The Hall–Kier alpha value is -3.53. The van der Waals surface area contributed by atoms with Crippen molar-refractivity contribution in [2.24, 2.45) is 0 Å². The molecule has 0 saturated heterocycles. The quantitative estimate of drug-likeness (QED) is 0.314. The molecule has 158 valence electrons. The molecule has 10 nitrogen and oxygen atoms in total. The third-order valence-electron chi connectivity index (χ3n) is 4.70. The number of rotatable bonds is 7. The second kappa shape index (κ2) is 8.87. The molecule has 0 fully saturated rings. The van der Waals surface area contributed by atoms with Crippen molar-refractivity contribution in [1.29, 1.82) is 0 Å². The standard InChI is InChI=1S/C20H22N4O6/c1-11-16(19-22-13(3)23-30-19)18(14-7-5-6-8-15(14)24(26)27)17(12(2)21-11)20(25)29-10-9-28-4/h5-8,18,21H,9-10H2,1-4H3. The predicted molar refractivity (Wildman–Crippen MR) is 106 cm³/mol. The molecule has 1 aliphatic heterocycles. The van der Waals surface area contributed by atoms with Gasteiger partial charge in [-0.3, -0.25) is 10.1 Å². The van der Waals surface area contributed by atoms with Gasteiger partial charge in [-0.15, -0.1) is 0 Å². The van der Waals surface area contributed by atoms with Crippen LogP contribution < -0.4 is 5.32 Å². The van der Waals surface area contributed by atoms with Crippen LogP contribution in [0.1, 0.15) is 37.0 Å². The number of carbonyl (C=O) groups is 1. The fraction of sp³-hybridized carbons (Fsp3) is 0.350. The third-order valence-corrected chi connectivity index (χ3v) is 4.70. The summed E-state index contributed by atoms with van der Waals surface area (Å²) >= 11 is 0. The molecule has 0 saturated carbocycles. The number of methoxy groups -OCH3 is 1. The van der Waals surface area contributed by atoms with Gasteiger partial charge in [0.05, 0.1) is 23.0 Å². The zero-order chi connectivity index (χ0) is 21.8. The van der Waals surface area contributed by atoms with Crippen molar-refractivity contribution in [2.45, 2.75) is 26.7 Å². The van der Waals surface area contributed by atoms with Gasteiger partial charge in [0.25, 0.3) is 11.6 Å². The summed E-state index contributed by atoms with van der Waals surface area (Å²) in [6.45, 7) is 5.45. The number of dihydropyridines is 1. The average Bonchev–Trinajstić information content (AvgIpc) is 3.13. The largest absolute Gasteiger partial charge is 0.460 e. The Balaban J connectivity index is 2.20. The Kier molecular flexibility index (Phi) is 6.26. The molecule has 1 aromatic carbocycles. The molecule has 0 bridgehead atoms. The number of nitrogens with one attached hydrogen (secondary N) is 1. The summed E-state index contributed by atoms with van der Waals surface area (Å²) in [6.07, 6.45) is 0. The molecule has 2 heterocycles. The van der Waals surface area contributed by atoms with Crippen molar-refractivity contribution < 1.29 is 23.7 Å². The number of nitro benzene ring substituents is 1. The Morgan fingerprint density at radius 3 is 2.60 bits per heavy atom. The zero-order valence-corrected chi connectivity index (χ0v) is 17.1. The Bertz CT molecular complexity index is 1040. The van der Waals surface area contributed by atoms with Gasteiger partial charge in [-0.2, -0.15) is 4.98 Å². The topological polar surface area (TPSA) is 130 Å². The van der Waals surface area contributed by atoms with E-state index in [1.54, 1.807) is 39.0 Å². The number of ether oxygens (including phenoxy) is 2. The highest BCUT2D eigenvalue weighted by atomic mass is 16.6. The molecule has 10 heteroatoms. The summed E-state index contributed by atoms with van der Waals surface area (Å²) in [4.78, 5) is 28.5. The Labute approximate surface area is 172 Å². The minimum atomic E-state index is -0.831. The lowest BCUT2D eigenvalue weighted by Gasteiger charge is -2.29. The molecular formula is C20H22N4O6. The molecule has 30 heavy (non-hydrogen) atoms. The van der Waals surface area contributed by atoms with E-state index < -0.39 is 16.8 Å². The Morgan fingerprint density at radius 1 is 1.23 bits per heavy atom. The van der Waals surface area contributed by atoms with Crippen LogP contribution in [0.3, 0.4) is 0 Å². The third kappa shape index (κ3) is 4.08. The first-order valence-electron chi connectivity index (χ1n) is 9.23. The Morgan fingerprint density at radius 2 is 1.97 bits per heavy atom. The van der Waals surface area contributed by atoms with E-state index in [2.05, 4.69) is 15.5 Å². The number of para-hydroxylation sites is 1. The van der Waals surface area contributed by atoms with Crippen molar-refractivity contribution in [1.82, 2.24) is 15.5 Å². The summed E-state index contributed by atoms with van der Waals surface area (Å²) in [6, 6.07) is 6.26. The van der Waals surface area contributed by atoms with Crippen molar-refractivity contribution >= 4 is 17.2 Å². The van der Waals surface area contributed by atoms with Gasteiger partial charge in [-0.1, -0.05) is 23.4 Å². The van der Waals surface area contributed by atoms with E-state index >= 15 is 0 Å². The second-order valence-electron chi connectivity index (χ2n) is 6.73. The van der Waals surface area contributed by atoms with Crippen molar-refractivity contribution in [3.05, 3.63) is 68.6 Å². The molecule has 1 aromatic heterocycles. The van der Waals surface area contributed by atoms with E-state index in [0.717, 1.165) is 0 Å². The lowest BCUT2D eigenvalue weighted by Crippen LogP contribution is -2.29. The monoisotopic (exact) mass is 414 g/mol. The van der Waals surface area contributed by atoms with Crippen LogP contribution in [-0.2, 0) is 14.3 Å². The highest BCUT2D eigenvalue weighted by Gasteiger charge is 2.40. The highest BCUT2D eigenvalue weighted by Crippen LogP contribution is 2.45. The van der Waals surface area contributed by atoms with Crippen LogP contribution in [0.4, 0.5) is 5.69 Å². The van der Waals surface area contributed by atoms with E-state index in [9.17, 15) is 14.9 Å². The molecular weight excluding hydrogens is 392 g/mol.